The summed E-state index contributed by atoms with van der Waals surface area (Å²) in [5.74, 6) is -0.989. The highest BCUT2D eigenvalue weighted by molar-refractivity contribution is 6.20. The van der Waals surface area contributed by atoms with Crippen LogP contribution in [-0.2, 0) is 0 Å². The Labute approximate surface area is 72.0 Å². The standard InChI is InChI=1S/C7H5N3O3/c1-2-8-4-3(5(11)9-2)6(12)10-7(4)13/h1H3,(H,8,9,11)(H,10,12,13). The van der Waals surface area contributed by atoms with Gasteiger partial charge in [-0.1, -0.05) is 0 Å². The smallest absolute Gasteiger partial charge is 0.277 e. The van der Waals surface area contributed by atoms with Crippen molar-refractivity contribution in [1.29, 1.82) is 0 Å². The van der Waals surface area contributed by atoms with Crippen molar-refractivity contribution in [3.63, 3.8) is 0 Å². The summed E-state index contributed by atoms with van der Waals surface area (Å²) >= 11 is 0. The highest BCUT2D eigenvalue weighted by Gasteiger charge is 2.31. The number of carbonyl (C=O) groups excluding carboxylic acids is 2. The molecule has 1 aromatic rings. The predicted octanol–water partition coefficient (Wildman–Crippen LogP) is -1.04. The lowest BCUT2D eigenvalue weighted by molar-refractivity contribution is 0.0878. The number of hydrogen-bond donors (Lipinski definition) is 2. The molecule has 13 heavy (non-hydrogen) atoms. The molecule has 0 bridgehead atoms. The van der Waals surface area contributed by atoms with Gasteiger partial charge < -0.3 is 4.98 Å². The van der Waals surface area contributed by atoms with Gasteiger partial charge in [0.1, 0.15) is 17.1 Å². The van der Waals surface area contributed by atoms with Crippen molar-refractivity contribution in [2.75, 3.05) is 0 Å². The third kappa shape index (κ3) is 0.952. The van der Waals surface area contributed by atoms with E-state index in [2.05, 4.69) is 9.97 Å². The summed E-state index contributed by atoms with van der Waals surface area (Å²) in [5, 5.41) is 1.99. The minimum Gasteiger partial charge on any atom is -0.310 e. The zero-order valence-electron chi connectivity index (χ0n) is 6.67. The molecule has 2 rings (SSSR count). The summed E-state index contributed by atoms with van der Waals surface area (Å²) in [4.78, 5) is 39.3. The molecule has 2 N–H and O–H groups in total. The fourth-order valence-corrected chi connectivity index (χ4v) is 1.19. The Morgan fingerprint density at radius 2 is 1.85 bits per heavy atom. The lowest BCUT2D eigenvalue weighted by atomic mass is 10.2. The minimum atomic E-state index is -0.686. The zero-order valence-corrected chi connectivity index (χ0v) is 6.67. The average molecular weight is 179 g/mol. The fourth-order valence-electron chi connectivity index (χ4n) is 1.19. The van der Waals surface area contributed by atoms with E-state index >= 15 is 0 Å². The van der Waals surface area contributed by atoms with E-state index in [1.807, 2.05) is 5.32 Å². The predicted molar refractivity (Wildman–Crippen MR) is 41.4 cm³/mol. The van der Waals surface area contributed by atoms with Gasteiger partial charge in [-0.25, -0.2) is 4.98 Å². The van der Waals surface area contributed by atoms with Crippen molar-refractivity contribution in [1.82, 2.24) is 15.3 Å². The Morgan fingerprint density at radius 3 is 2.54 bits per heavy atom. The van der Waals surface area contributed by atoms with Crippen LogP contribution < -0.4 is 10.9 Å². The number of amides is 2. The van der Waals surface area contributed by atoms with Crippen molar-refractivity contribution in [2.24, 2.45) is 0 Å². The summed E-state index contributed by atoms with van der Waals surface area (Å²) in [5.41, 5.74) is -0.868. The summed E-state index contributed by atoms with van der Waals surface area (Å²) in [7, 11) is 0. The van der Waals surface area contributed by atoms with E-state index in [0.29, 0.717) is 5.82 Å². The topological polar surface area (TPSA) is 91.9 Å². The number of H-pyrrole nitrogens is 1. The lowest BCUT2D eigenvalue weighted by Crippen LogP contribution is -2.23. The number of nitrogens with zero attached hydrogens (tertiary/aromatic N) is 1. The summed E-state index contributed by atoms with van der Waals surface area (Å²) in [6.45, 7) is 1.54. The van der Waals surface area contributed by atoms with Gasteiger partial charge in [-0.15, -0.1) is 0 Å². The Balaban J connectivity index is 2.85. The molecule has 2 heterocycles. The van der Waals surface area contributed by atoms with Crippen LogP contribution in [0.5, 0.6) is 0 Å². The summed E-state index contributed by atoms with van der Waals surface area (Å²) in [6.07, 6.45) is 0. The first-order valence-electron chi connectivity index (χ1n) is 3.56. The van der Waals surface area contributed by atoms with Crippen LogP contribution in [0, 0.1) is 6.92 Å². The number of rotatable bonds is 0. The number of nitrogens with one attached hydrogen (secondary N) is 2. The third-order valence-corrected chi connectivity index (χ3v) is 1.71. The van der Waals surface area contributed by atoms with Gasteiger partial charge in [-0.05, 0) is 6.92 Å². The Morgan fingerprint density at radius 1 is 1.15 bits per heavy atom. The molecule has 66 valence electrons. The Hall–Kier alpha value is -1.98. The van der Waals surface area contributed by atoms with Crippen molar-refractivity contribution in [3.05, 3.63) is 27.4 Å². The molecular formula is C7H5N3O3. The van der Waals surface area contributed by atoms with Gasteiger partial charge in [0.2, 0.25) is 0 Å². The van der Waals surface area contributed by atoms with Gasteiger partial charge >= 0.3 is 0 Å². The quantitative estimate of drug-likeness (QED) is 0.497. The normalized spacial score (nSPS) is 14.2. The van der Waals surface area contributed by atoms with Crippen LogP contribution >= 0.6 is 0 Å². The van der Waals surface area contributed by atoms with Gasteiger partial charge in [-0.3, -0.25) is 19.7 Å². The Bertz CT molecular complexity index is 474. The monoisotopic (exact) mass is 179 g/mol. The molecule has 1 aromatic heterocycles. The molecule has 6 nitrogen and oxygen atoms in total. The van der Waals surface area contributed by atoms with E-state index in [1.54, 1.807) is 0 Å². The molecule has 0 spiro atoms. The third-order valence-electron chi connectivity index (χ3n) is 1.71. The number of aryl methyl sites for hydroxylation is 1. The van der Waals surface area contributed by atoms with E-state index in [-0.39, 0.29) is 11.3 Å². The Kier molecular flexibility index (Phi) is 1.33. The van der Waals surface area contributed by atoms with E-state index < -0.39 is 17.4 Å². The van der Waals surface area contributed by atoms with Crippen molar-refractivity contribution >= 4 is 11.8 Å². The molecule has 0 fully saturated rings. The van der Waals surface area contributed by atoms with Gasteiger partial charge in [0.15, 0.2) is 0 Å². The zero-order chi connectivity index (χ0) is 9.59. The molecule has 0 saturated carbocycles. The van der Waals surface area contributed by atoms with Crippen LogP contribution in [0.1, 0.15) is 26.7 Å². The molecule has 0 saturated heterocycles. The summed E-state index contributed by atoms with van der Waals surface area (Å²) < 4.78 is 0. The first-order chi connectivity index (χ1) is 6.09. The number of aromatic amines is 1. The fraction of sp³-hybridized carbons (Fsp3) is 0.143. The number of aromatic nitrogens is 2. The number of hydrogen-bond acceptors (Lipinski definition) is 4. The largest absolute Gasteiger partial charge is 0.310 e. The van der Waals surface area contributed by atoms with Gasteiger partial charge in [0.05, 0.1) is 0 Å². The maximum absolute atomic E-state index is 11.2. The minimum absolute atomic E-state index is 0.0914. The van der Waals surface area contributed by atoms with Crippen LogP contribution in [0.15, 0.2) is 4.79 Å². The number of imide groups is 1. The maximum atomic E-state index is 11.2. The number of fused-ring (bicyclic) bond motifs is 1. The highest BCUT2D eigenvalue weighted by Crippen LogP contribution is 2.07. The molecule has 2 amide bonds. The highest BCUT2D eigenvalue weighted by atomic mass is 16.2. The van der Waals surface area contributed by atoms with Crippen molar-refractivity contribution in [2.45, 2.75) is 6.92 Å². The SMILES string of the molecule is Cc1nc2c(c(=O)[nH]1)C(=O)NC2=O. The summed E-state index contributed by atoms with van der Waals surface area (Å²) in [6, 6.07) is 0. The van der Waals surface area contributed by atoms with E-state index in [0.717, 1.165) is 0 Å². The second-order valence-corrected chi connectivity index (χ2v) is 2.66. The van der Waals surface area contributed by atoms with Gasteiger partial charge in [-0.2, -0.15) is 0 Å². The van der Waals surface area contributed by atoms with Crippen LogP contribution in [0.25, 0.3) is 0 Å². The van der Waals surface area contributed by atoms with Gasteiger partial charge in [0.25, 0.3) is 17.4 Å². The van der Waals surface area contributed by atoms with Crippen molar-refractivity contribution < 1.29 is 9.59 Å². The second-order valence-electron chi connectivity index (χ2n) is 2.66. The molecule has 0 radical (unpaired) electrons. The first-order valence-corrected chi connectivity index (χ1v) is 3.56. The second kappa shape index (κ2) is 2.25. The molecule has 0 aliphatic carbocycles. The average Bonchev–Trinajstić information content (AvgIpc) is 2.27. The molecule has 6 heteroatoms. The molecule has 0 atom stereocenters. The lowest BCUT2D eigenvalue weighted by Gasteiger charge is -1.93. The van der Waals surface area contributed by atoms with Crippen LogP contribution in [0.2, 0.25) is 0 Å². The van der Waals surface area contributed by atoms with Crippen LogP contribution in [0.3, 0.4) is 0 Å². The van der Waals surface area contributed by atoms with E-state index in [4.69, 9.17) is 0 Å². The molecule has 1 aliphatic rings. The first kappa shape index (κ1) is 7.66. The van der Waals surface area contributed by atoms with Crippen LogP contribution in [-0.4, -0.2) is 21.8 Å². The molecular weight excluding hydrogens is 174 g/mol. The van der Waals surface area contributed by atoms with Gasteiger partial charge in [0, 0.05) is 0 Å². The van der Waals surface area contributed by atoms with Crippen molar-refractivity contribution in [3.8, 4) is 0 Å². The number of carbonyl (C=O) groups is 2. The molecule has 0 aromatic carbocycles. The van der Waals surface area contributed by atoms with E-state index in [9.17, 15) is 14.4 Å². The molecule has 1 aliphatic heterocycles. The van der Waals surface area contributed by atoms with E-state index in [1.165, 1.54) is 6.92 Å². The molecule has 0 unspecified atom stereocenters. The maximum Gasteiger partial charge on any atom is 0.277 e. The van der Waals surface area contributed by atoms with Crippen LogP contribution in [0.4, 0.5) is 0 Å².